The molecule has 5 heteroatoms. The number of aromatic nitrogens is 2. The summed E-state index contributed by atoms with van der Waals surface area (Å²) in [7, 11) is 2.00. The van der Waals surface area contributed by atoms with Crippen molar-refractivity contribution in [1.29, 1.82) is 0 Å². The summed E-state index contributed by atoms with van der Waals surface area (Å²) < 4.78 is 0. The molecule has 0 spiro atoms. The highest BCUT2D eigenvalue weighted by Gasteiger charge is 2.43. The largest absolute Gasteiger partial charge is 0.355 e. The van der Waals surface area contributed by atoms with E-state index in [4.69, 9.17) is 9.97 Å². The van der Waals surface area contributed by atoms with Crippen molar-refractivity contribution < 1.29 is 4.79 Å². The molecule has 0 bridgehead atoms. The quantitative estimate of drug-likeness (QED) is 0.803. The lowest BCUT2D eigenvalue weighted by Crippen LogP contribution is -2.44. The maximum absolute atomic E-state index is 12.6. The Balaban J connectivity index is 1.82. The van der Waals surface area contributed by atoms with Crippen LogP contribution in [0.1, 0.15) is 13.3 Å². The molecule has 2 heterocycles. The van der Waals surface area contributed by atoms with Crippen molar-refractivity contribution in [3.63, 3.8) is 0 Å². The van der Waals surface area contributed by atoms with Crippen molar-refractivity contribution in [2.24, 2.45) is 11.8 Å². The highest BCUT2D eigenvalue weighted by molar-refractivity contribution is 6.00. The average Bonchev–Trinajstić information content (AvgIpc) is 3.22. The second-order valence-corrected chi connectivity index (χ2v) is 6.09. The molecule has 108 valence electrons. The summed E-state index contributed by atoms with van der Waals surface area (Å²) in [5.41, 5.74) is 1.71. The van der Waals surface area contributed by atoms with Crippen molar-refractivity contribution >= 4 is 28.6 Å². The molecule has 1 saturated carbocycles. The SMILES string of the molecule is CC1CC1C(=O)N1CCN(C)c2nc3ccccc3nc21. The van der Waals surface area contributed by atoms with Crippen LogP contribution in [0.3, 0.4) is 0 Å². The van der Waals surface area contributed by atoms with E-state index in [1.165, 1.54) is 0 Å². The third-order valence-corrected chi connectivity index (χ3v) is 4.50. The van der Waals surface area contributed by atoms with Gasteiger partial charge in [0, 0.05) is 26.1 Å². The molecule has 0 radical (unpaired) electrons. The van der Waals surface area contributed by atoms with E-state index in [0.717, 1.165) is 29.8 Å². The van der Waals surface area contributed by atoms with Gasteiger partial charge in [0.2, 0.25) is 5.91 Å². The van der Waals surface area contributed by atoms with E-state index in [1.54, 1.807) is 0 Å². The normalized spacial score (nSPS) is 24.1. The lowest BCUT2D eigenvalue weighted by Gasteiger charge is -2.34. The highest BCUT2D eigenvalue weighted by Crippen LogP contribution is 2.41. The molecule has 1 aromatic carbocycles. The van der Waals surface area contributed by atoms with Gasteiger partial charge in [-0.2, -0.15) is 0 Å². The van der Waals surface area contributed by atoms with E-state index in [2.05, 4.69) is 11.8 Å². The fourth-order valence-electron chi connectivity index (χ4n) is 2.96. The van der Waals surface area contributed by atoms with Gasteiger partial charge < -0.3 is 4.90 Å². The van der Waals surface area contributed by atoms with Gasteiger partial charge in [0.25, 0.3) is 0 Å². The smallest absolute Gasteiger partial charge is 0.231 e. The maximum Gasteiger partial charge on any atom is 0.231 e. The molecule has 1 amide bonds. The molecular weight excluding hydrogens is 264 g/mol. The number of carbonyl (C=O) groups excluding carboxylic acids is 1. The van der Waals surface area contributed by atoms with E-state index in [1.807, 2.05) is 36.2 Å². The van der Waals surface area contributed by atoms with E-state index < -0.39 is 0 Å². The van der Waals surface area contributed by atoms with Gasteiger partial charge in [0.15, 0.2) is 11.6 Å². The number of benzene rings is 1. The molecule has 0 N–H and O–H groups in total. The number of hydrogen-bond donors (Lipinski definition) is 0. The summed E-state index contributed by atoms with van der Waals surface area (Å²) in [6.45, 7) is 3.62. The number of hydrogen-bond acceptors (Lipinski definition) is 4. The van der Waals surface area contributed by atoms with Gasteiger partial charge >= 0.3 is 0 Å². The number of fused-ring (bicyclic) bond motifs is 2. The number of likely N-dealkylation sites (N-methyl/N-ethyl adjacent to an activating group) is 1. The molecule has 1 fully saturated rings. The Bertz CT molecular complexity index is 729. The van der Waals surface area contributed by atoms with E-state index in [-0.39, 0.29) is 11.8 Å². The highest BCUT2D eigenvalue weighted by atomic mass is 16.2. The molecule has 0 saturated heterocycles. The van der Waals surface area contributed by atoms with Gasteiger partial charge in [-0.1, -0.05) is 19.1 Å². The topological polar surface area (TPSA) is 49.3 Å². The number of anilines is 2. The lowest BCUT2D eigenvalue weighted by molar-refractivity contribution is -0.120. The van der Waals surface area contributed by atoms with Crippen molar-refractivity contribution in [3.8, 4) is 0 Å². The van der Waals surface area contributed by atoms with Crippen LogP contribution in [0.2, 0.25) is 0 Å². The molecule has 1 aliphatic heterocycles. The van der Waals surface area contributed by atoms with Crippen molar-refractivity contribution in [2.45, 2.75) is 13.3 Å². The number of rotatable bonds is 1. The lowest BCUT2D eigenvalue weighted by atomic mass is 10.2. The Morgan fingerprint density at radius 3 is 2.38 bits per heavy atom. The van der Waals surface area contributed by atoms with Gasteiger partial charge in [-0.15, -0.1) is 0 Å². The van der Waals surface area contributed by atoms with E-state index in [9.17, 15) is 4.79 Å². The van der Waals surface area contributed by atoms with Gasteiger partial charge in [0.05, 0.1) is 11.0 Å². The first-order chi connectivity index (χ1) is 10.1. The van der Waals surface area contributed by atoms with Gasteiger partial charge in [-0.3, -0.25) is 9.69 Å². The minimum absolute atomic E-state index is 0.175. The summed E-state index contributed by atoms with van der Waals surface area (Å²) >= 11 is 0. The van der Waals surface area contributed by atoms with Crippen LogP contribution in [-0.4, -0.2) is 36.0 Å². The second kappa shape index (κ2) is 4.41. The minimum Gasteiger partial charge on any atom is -0.355 e. The molecule has 5 nitrogen and oxygen atoms in total. The molecule has 1 aliphatic carbocycles. The third kappa shape index (κ3) is 1.95. The van der Waals surface area contributed by atoms with Crippen molar-refractivity contribution in [3.05, 3.63) is 24.3 Å². The Kier molecular flexibility index (Phi) is 2.64. The minimum atomic E-state index is 0.175. The van der Waals surface area contributed by atoms with Crippen LogP contribution < -0.4 is 9.80 Å². The Morgan fingerprint density at radius 2 is 1.76 bits per heavy atom. The van der Waals surface area contributed by atoms with Crippen LogP contribution in [0.25, 0.3) is 11.0 Å². The van der Waals surface area contributed by atoms with Crippen LogP contribution >= 0.6 is 0 Å². The predicted octanol–water partition coefficient (Wildman–Crippen LogP) is 2.07. The molecule has 2 atom stereocenters. The zero-order chi connectivity index (χ0) is 14.6. The molecule has 1 aromatic heterocycles. The van der Waals surface area contributed by atoms with Crippen LogP contribution in [0.5, 0.6) is 0 Å². The van der Waals surface area contributed by atoms with Crippen LogP contribution in [0, 0.1) is 11.8 Å². The Labute approximate surface area is 123 Å². The monoisotopic (exact) mass is 282 g/mol. The van der Waals surface area contributed by atoms with E-state index in [0.29, 0.717) is 18.3 Å². The molecule has 2 aromatic rings. The second-order valence-electron chi connectivity index (χ2n) is 6.09. The number of para-hydroxylation sites is 2. The van der Waals surface area contributed by atoms with Crippen LogP contribution in [0.4, 0.5) is 11.6 Å². The zero-order valence-electron chi connectivity index (χ0n) is 12.3. The van der Waals surface area contributed by atoms with Crippen molar-refractivity contribution in [1.82, 2.24) is 9.97 Å². The standard InChI is InChI=1S/C16H18N4O/c1-10-9-11(10)16(21)20-8-7-19(2)14-15(20)18-13-6-4-3-5-12(13)17-14/h3-6,10-11H,7-9H2,1-2H3. The fourth-order valence-corrected chi connectivity index (χ4v) is 2.96. The van der Waals surface area contributed by atoms with Crippen molar-refractivity contribution in [2.75, 3.05) is 29.9 Å². The molecular formula is C16H18N4O. The molecule has 2 aliphatic rings. The average molecular weight is 282 g/mol. The molecule has 2 unspecified atom stereocenters. The maximum atomic E-state index is 12.6. The molecule has 21 heavy (non-hydrogen) atoms. The Morgan fingerprint density at radius 1 is 1.14 bits per heavy atom. The van der Waals surface area contributed by atoms with Gasteiger partial charge in [0.1, 0.15) is 0 Å². The van der Waals surface area contributed by atoms with Crippen LogP contribution in [-0.2, 0) is 4.79 Å². The fraction of sp³-hybridized carbons (Fsp3) is 0.438. The summed E-state index contributed by atoms with van der Waals surface area (Å²) in [5.74, 6) is 2.41. The first-order valence-electron chi connectivity index (χ1n) is 7.44. The number of amides is 1. The summed E-state index contributed by atoms with van der Waals surface area (Å²) in [6.07, 6.45) is 1.00. The summed E-state index contributed by atoms with van der Waals surface area (Å²) in [5, 5.41) is 0. The third-order valence-electron chi connectivity index (χ3n) is 4.50. The summed E-state index contributed by atoms with van der Waals surface area (Å²) in [6, 6.07) is 7.81. The summed E-state index contributed by atoms with van der Waals surface area (Å²) in [4.78, 5) is 25.9. The predicted molar refractivity (Wildman–Crippen MR) is 82.4 cm³/mol. The first-order valence-corrected chi connectivity index (χ1v) is 7.44. The van der Waals surface area contributed by atoms with Gasteiger partial charge in [-0.25, -0.2) is 9.97 Å². The Hall–Kier alpha value is -2.17. The van der Waals surface area contributed by atoms with Crippen LogP contribution in [0.15, 0.2) is 24.3 Å². The number of nitrogens with zero attached hydrogens (tertiary/aromatic N) is 4. The molecule has 4 rings (SSSR count). The van der Waals surface area contributed by atoms with Gasteiger partial charge in [-0.05, 0) is 24.5 Å². The number of carbonyl (C=O) groups is 1. The first kappa shape index (κ1) is 12.6. The van der Waals surface area contributed by atoms with E-state index >= 15 is 0 Å². The zero-order valence-corrected chi connectivity index (χ0v) is 12.3.